The van der Waals surface area contributed by atoms with E-state index in [0.29, 0.717) is 24.8 Å². The van der Waals surface area contributed by atoms with Crippen LogP contribution in [0.5, 0.6) is 0 Å². The lowest BCUT2D eigenvalue weighted by Crippen LogP contribution is -2.56. The van der Waals surface area contributed by atoms with Crippen molar-refractivity contribution in [3.8, 4) is 11.8 Å². The molecule has 4 heterocycles. The number of likely N-dealkylation sites (tertiary alicyclic amines) is 1. The molecule has 5 rings (SSSR count). The van der Waals surface area contributed by atoms with Gasteiger partial charge in [-0.3, -0.25) is 35.0 Å². The molecule has 2 unspecified atom stereocenters. The number of thiophene rings is 1. The van der Waals surface area contributed by atoms with E-state index in [2.05, 4.69) is 22.3 Å². The van der Waals surface area contributed by atoms with Crippen molar-refractivity contribution in [2.45, 2.75) is 86.0 Å². The fourth-order valence-electron chi connectivity index (χ4n) is 6.33. The van der Waals surface area contributed by atoms with Crippen LogP contribution in [0, 0.1) is 35.0 Å². The molecule has 53 heavy (non-hydrogen) atoms. The molecule has 12 nitrogen and oxygen atoms in total. The average Bonchev–Trinajstić information content (AvgIpc) is 3.81. The fraction of sp³-hybridized carbons (Fsp3) is 0.487. The molecule has 0 aliphatic carbocycles. The number of hydrogen-bond donors (Lipinski definition) is 3. The van der Waals surface area contributed by atoms with Crippen LogP contribution in [-0.4, -0.2) is 95.0 Å². The van der Waals surface area contributed by atoms with Crippen molar-refractivity contribution >= 4 is 57.1 Å². The Bertz CT molecular complexity index is 1930. The minimum atomic E-state index is -0.618. The molecular formula is C39H49ClN8O4S. The normalized spacial score (nSPS) is 17.8. The lowest BCUT2D eigenvalue weighted by Gasteiger charge is -2.35. The van der Waals surface area contributed by atoms with Gasteiger partial charge in [0.15, 0.2) is 0 Å². The van der Waals surface area contributed by atoms with Crippen LogP contribution in [0.1, 0.15) is 81.5 Å². The summed E-state index contributed by atoms with van der Waals surface area (Å²) in [5, 5.41) is 26.0. The molecule has 282 valence electrons. The zero-order chi connectivity index (χ0) is 38.4. The molecule has 0 bridgehead atoms. The molecule has 3 N–H and O–H groups in total. The van der Waals surface area contributed by atoms with Gasteiger partial charge in [-0.25, -0.2) is 0 Å². The van der Waals surface area contributed by atoms with E-state index in [1.54, 1.807) is 22.7 Å². The third-order valence-electron chi connectivity index (χ3n) is 9.26. The summed E-state index contributed by atoms with van der Waals surface area (Å²) in [6.45, 7) is 15.5. The van der Waals surface area contributed by atoms with Gasteiger partial charge >= 0.3 is 0 Å². The third-order valence-corrected chi connectivity index (χ3v) is 10.7. The van der Waals surface area contributed by atoms with Gasteiger partial charge in [0.2, 0.25) is 11.8 Å². The molecule has 3 aromatic rings. The molecule has 0 radical (unpaired) electrons. The van der Waals surface area contributed by atoms with Crippen LogP contribution in [-0.2, 0) is 25.6 Å². The zero-order valence-corrected chi connectivity index (χ0v) is 33.1. The van der Waals surface area contributed by atoms with E-state index >= 15 is 0 Å². The molecule has 1 fully saturated rings. The average molecular weight is 761 g/mol. The van der Waals surface area contributed by atoms with Gasteiger partial charge in [-0.1, -0.05) is 56.3 Å². The van der Waals surface area contributed by atoms with Crippen LogP contribution in [0.2, 0.25) is 5.02 Å². The molecule has 2 aliphatic heterocycles. The van der Waals surface area contributed by atoms with Crippen molar-refractivity contribution in [1.29, 1.82) is 10.8 Å². The first-order valence-corrected chi connectivity index (χ1v) is 19.1. The van der Waals surface area contributed by atoms with E-state index in [1.165, 1.54) is 11.3 Å². The van der Waals surface area contributed by atoms with Crippen molar-refractivity contribution < 1.29 is 19.1 Å². The number of hydrogen-bond acceptors (Lipinski definition) is 9. The minimum Gasteiger partial charge on any atom is -0.377 e. The van der Waals surface area contributed by atoms with Crippen LogP contribution in [0.15, 0.2) is 41.7 Å². The number of rotatable bonds is 11. The highest BCUT2D eigenvalue weighted by Crippen LogP contribution is 2.40. The van der Waals surface area contributed by atoms with Gasteiger partial charge < -0.3 is 19.7 Å². The number of aliphatic imine (C=N–C) groups is 1. The largest absolute Gasteiger partial charge is 0.377 e. The first-order valence-electron chi connectivity index (χ1n) is 17.9. The summed E-state index contributed by atoms with van der Waals surface area (Å²) < 4.78 is 13.0. The molecule has 0 spiro atoms. The molecule has 3 atom stereocenters. The number of fused-ring (bicyclic) bond motifs is 1. The second-order valence-corrected chi connectivity index (χ2v) is 15.9. The Hall–Kier alpha value is -4.35. The number of carbonyl (C=O) groups excluding carboxylic acids is 2. The van der Waals surface area contributed by atoms with Crippen LogP contribution in [0.25, 0.3) is 0 Å². The number of aromatic nitrogens is 2. The van der Waals surface area contributed by atoms with Crippen molar-refractivity contribution in [2.75, 3.05) is 37.9 Å². The zero-order valence-electron chi connectivity index (χ0n) is 31.5. The number of benzene rings is 1. The highest BCUT2D eigenvalue weighted by Gasteiger charge is 2.38. The van der Waals surface area contributed by atoms with Gasteiger partial charge in [-0.05, 0) is 63.6 Å². The molecule has 2 aromatic heterocycles. The van der Waals surface area contributed by atoms with Crippen LogP contribution >= 0.6 is 22.9 Å². The second kappa shape index (κ2) is 17.2. The van der Waals surface area contributed by atoms with Gasteiger partial charge in [0.1, 0.15) is 35.4 Å². The van der Waals surface area contributed by atoms with Gasteiger partial charge in [0.05, 0.1) is 48.7 Å². The van der Waals surface area contributed by atoms with Gasteiger partial charge in [0.25, 0.3) is 0 Å². The van der Waals surface area contributed by atoms with Crippen molar-refractivity contribution in [3.05, 3.63) is 68.8 Å². The molecule has 2 amide bonds. The molecule has 1 saturated heterocycles. The summed E-state index contributed by atoms with van der Waals surface area (Å²) in [5.74, 6) is 6.63. The molecular weight excluding hydrogens is 712 g/mol. The number of nitrogens with zero attached hydrogens (tertiary/aromatic N) is 5. The Labute approximate surface area is 320 Å². The lowest BCUT2D eigenvalue weighted by molar-refractivity contribution is -0.141. The van der Waals surface area contributed by atoms with Gasteiger partial charge in [0, 0.05) is 34.9 Å². The first-order chi connectivity index (χ1) is 25.1. The fourth-order valence-corrected chi connectivity index (χ4v) is 7.68. The first kappa shape index (κ1) is 39.8. The Balaban J connectivity index is 1.14. The number of carbonyl (C=O) groups is 2. The van der Waals surface area contributed by atoms with Crippen molar-refractivity contribution in [2.24, 2.45) is 10.4 Å². The molecule has 1 aromatic carbocycles. The second-order valence-electron chi connectivity index (χ2n) is 14.5. The molecule has 14 heteroatoms. The summed E-state index contributed by atoms with van der Waals surface area (Å²) in [6.07, 6.45) is 5.52. The lowest BCUT2D eigenvalue weighted by atomic mass is 9.85. The highest BCUT2D eigenvalue weighted by molar-refractivity contribution is 7.17. The predicted molar refractivity (Wildman–Crippen MR) is 211 cm³/mol. The summed E-state index contributed by atoms with van der Waals surface area (Å²) in [6, 6.07) is 6.61. The summed E-state index contributed by atoms with van der Waals surface area (Å²) in [4.78, 5) is 35.1. The smallest absolute Gasteiger partial charge is 0.246 e. The maximum atomic E-state index is 13.2. The van der Waals surface area contributed by atoms with Crippen LogP contribution in [0.3, 0.4) is 0 Å². The summed E-state index contributed by atoms with van der Waals surface area (Å²) >= 11 is 7.62. The predicted octanol–water partition coefficient (Wildman–Crippen LogP) is 5.90. The Morgan fingerprint density at radius 1 is 1.13 bits per heavy atom. The summed E-state index contributed by atoms with van der Waals surface area (Å²) in [7, 11) is 0. The topological polar surface area (TPSA) is 149 Å². The quantitative estimate of drug-likeness (QED) is 0.0960. The maximum absolute atomic E-state index is 13.2. The van der Waals surface area contributed by atoms with Crippen molar-refractivity contribution in [1.82, 2.24) is 20.0 Å². The van der Waals surface area contributed by atoms with E-state index in [9.17, 15) is 9.59 Å². The van der Waals surface area contributed by atoms with Crippen LogP contribution in [0.4, 0.5) is 5.00 Å². The molecule has 2 aliphatic rings. The van der Waals surface area contributed by atoms with Crippen LogP contribution < -0.4 is 10.2 Å². The van der Waals surface area contributed by atoms with Gasteiger partial charge in [-0.15, -0.1) is 11.3 Å². The number of amides is 2. The Kier molecular flexibility index (Phi) is 12.9. The maximum Gasteiger partial charge on any atom is 0.246 e. The number of nitrogens with one attached hydrogen (secondary N) is 3. The van der Waals surface area contributed by atoms with Crippen molar-refractivity contribution in [3.63, 3.8) is 0 Å². The highest BCUT2D eigenvalue weighted by atomic mass is 35.5. The number of amidine groups is 2. The molecule has 0 saturated carbocycles. The number of ether oxygens (including phenoxy) is 2. The Morgan fingerprint density at radius 3 is 2.51 bits per heavy atom. The van der Waals surface area contributed by atoms with Gasteiger partial charge in [-0.2, -0.15) is 5.10 Å². The monoisotopic (exact) mass is 760 g/mol. The van der Waals surface area contributed by atoms with E-state index in [4.69, 9.17) is 36.9 Å². The third kappa shape index (κ3) is 9.61. The van der Waals surface area contributed by atoms with E-state index < -0.39 is 17.5 Å². The number of halogens is 1. The standard InChI is InChI=1S/C39H49ClN8O4S/c1-24-9-8-16-47(24)37(50)35(39(5,6)7)45-32(49)23-52-20-19-51-18-17-46-22-28(21-43-46)10-15-31-25(2)33-34(29-11-13-30(40)14-12-29)44-26(3)36(42)48(27(4)41)38(33)53-31/h11-14,21-22,24,26,35,41-42H,8-9,16-20,23H2,1-7H3,(H,45,49)/t24?,26-,35?/m0/s1. The minimum absolute atomic E-state index is 0.0382. The Morgan fingerprint density at radius 2 is 1.85 bits per heavy atom. The SMILES string of the molecule is CC(=N)N1C(=N)[C@H](C)N=C(c2ccc(Cl)cc2)c2c1sc(C#Cc1cnn(CCOCCOCC(=O)NC(C(=O)N3CCCC3C)C(C)(C)C)c1)c2C. The van der Waals surface area contributed by atoms with E-state index in [0.717, 1.165) is 57.2 Å². The van der Waals surface area contributed by atoms with E-state index in [1.807, 2.05) is 76.9 Å². The number of anilines is 1. The summed E-state index contributed by atoms with van der Waals surface area (Å²) in [5.41, 5.74) is 3.72. The van der Waals surface area contributed by atoms with E-state index in [-0.39, 0.29) is 42.7 Å².